The Labute approximate surface area is 210 Å². The van der Waals surface area contributed by atoms with Gasteiger partial charge in [0.1, 0.15) is 42.7 Å². The van der Waals surface area contributed by atoms with E-state index in [9.17, 15) is 30.0 Å². The lowest BCUT2D eigenvalue weighted by Crippen LogP contribution is -2.68. The van der Waals surface area contributed by atoms with Crippen LogP contribution in [0, 0.1) is 0 Å². The summed E-state index contributed by atoms with van der Waals surface area (Å²) in [6.45, 7) is 1.62. The molecule has 2 saturated heterocycles. The van der Waals surface area contributed by atoms with Crippen molar-refractivity contribution in [2.75, 3.05) is 33.9 Å². The number of aliphatic hydroxyl groups excluding tert-OH is 4. The lowest BCUT2D eigenvalue weighted by atomic mass is 9.95. The van der Waals surface area contributed by atoms with Gasteiger partial charge in [-0.15, -0.1) is 0 Å². The fourth-order valence-electron chi connectivity index (χ4n) is 4.33. The third kappa shape index (κ3) is 7.77. The van der Waals surface area contributed by atoms with Gasteiger partial charge in [0, 0.05) is 27.7 Å². The van der Waals surface area contributed by atoms with Gasteiger partial charge in [-0.1, -0.05) is 12.8 Å². The average molecular weight is 524 g/mol. The molecule has 210 valence electrons. The molecule has 10 atom stereocenters. The molecule has 0 radical (unpaired) electrons. The van der Waals surface area contributed by atoms with E-state index >= 15 is 0 Å². The van der Waals surface area contributed by atoms with E-state index in [0.29, 0.717) is 13.1 Å². The molecule has 0 saturated carbocycles. The summed E-state index contributed by atoms with van der Waals surface area (Å²) in [6, 6.07) is -1.07. The van der Waals surface area contributed by atoms with Gasteiger partial charge in [-0.2, -0.15) is 0 Å². The van der Waals surface area contributed by atoms with Crippen LogP contribution in [-0.2, 0) is 33.3 Å². The topological polar surface area (TPSA) is 211 Å². The van der Waals surface area contributed by atoms with Crippen molar-refractivity contribution in [2.24, 2.45) is 5.73 Å². The van der Waals surface area contributed by atoms with Gasteiger partial charge in [-0.25, -0.2) is 0 Å². The Hall–Kier alpha value is -1.46. The maximum atomic E-state index is 12.9. The minimum Gasteiger partial charge on any atom is -0.394 e. The van der Waals surface area contributed by atoms with Crippen LogP contribution in [0.15, 0.2) is 0 Å². The van der Waals surface area contributed by atoms with E-state index in [1.807, 2.05) is 0 Å². The van der Waals surface area contributed by atoms with E-state index < -0.39 is 79.8 Å². The Bertz CT molecular complexity index is 688. The molecule has 0 aromatic carbocycles. The molecule has 2 amide bonds. The molecule has 0 aromatic rings. The molecule has 2 aliphatic rings. The Kier molecular flexibility index (Phi) is 12.9. The lowest BCUT2D eigenvalue weighted by molar-refractivity contribution is -0.338. The Balaban J connectivity index is 2.17. The number of amides is 2. The molecule has 0 unspecified atom stereocenters. The first-order valence-corrected chi connectivity index (χ1v) is 12.1. The first-order valence-electron chi connectivity index (χ1n) is 12.1. The Morgan fingerprint density at radius 2 is 1.61 bits per heavy atom. The third-order valence-corrected chi connectivity index (χ3v) is 6.25. The van der Waals surface area contributed by atoms with E-state index in [1.54, 1.807) is 0 Å². The molecule has 2 aliphatic heterocycles. The zero-order valence-corrected chi connectivity index (χ0v) is 20.9. The fourth-order valence-corrected chi connectivity index (χ4v) is 4.33. The first-order chi connectivity index (χ1) is 17.2. The highest BCUT2D eigenvalue weighted by Crippen LogP contribution is 2.30. The number of ether oxygens (including phenoxy) is 5. The molecular formula is C22H41N3O11. The van der Waals surface area contributed by atoms with Crippen LogP contribution in [0.4, 0.5) is 0 Å². The van der Waals surface area contributed by atoms with E-state index in [0.717, 1.165) is 25.7 Å². The molecule has 0 aliphatic carbocycles. The highest BCUT2D eigenvalue weighted by molar-refractivity contribution is 5.81. The van der Waals surface area contributed by atoms with Crippen molar-refractivity contribution in [3.8, 4) is 0 Å². The van der Waals surface area contributed by atoms with Crippen LogP contribution in [0.1, 0.15) is 32.6 Å². The molecule has 8 N–H and O–H groups in total. The van der Waals surface area contributed by atoms with Crippen molar-refractivity contribution in [2.45, 2.75) is 94.0 Å². The smallest absolute Gasteiger partial charge is 0.252 e. The number of methoxy groups -OCH3 is 2. The monoisotopic (exact) mass is 523 g/mol. The van der Waals surface area contributed by atoms with Gasteiger partial charge in [0.05, 0.1) is 6.61 Å². The molecule has 0 spiro atoms. The van der Waals surface area contributed by atoms with Gasteiger partial charge in [0.25, 0.3) is 5.91 Å². The molecule has 14 nitrogen and oxygen atoms in total. The van der Waals surface area contributed by atoms with Crippen LogP contribution in [-0.4, -0.2) is 128 Å². The van der Waals surface area contributed by atoms with Crippen LogP contribution >= 0.6 is 0 Å². The van der Waals surface area contributed by atoms with Crippen LogP contribution in [0.25, 0.3) is 0 Å². The maximum Gasteiger partial charge on any atom is 0.252 e. The average Bonchev–Trinajstić information content (AvgIpc) is 2.85. The number of hydrogen-bond acceptors (Lipinski definition) is 12. The van der Waals surface area contributed by atoms with Crippen molar-refractivity contribution in [1.29, 1.82) is 0 Å². The maximum absolute atomic E-state index is 12.9. The standard InChI is InChI=1S/C22H41N3O11/c1-11(27)25-13-17(14(28)12(10-26)34-21(13)33-3)35-22-16(30)15(29)18(32-2)19(36-22)20(31)24-9-7-5-4-6-8-23/h12-19,21-22,26,28-30H,4-10,23H2,1-3H3,(H,24,31)(H,25,27)/t12-,13-,14-,15-,16-,17-,18+,19+,21-,22-/m1/s1. The van der Waals surface area contributed by atoms with Crippen LogP contribution in [0.2, 0.25) is 0 Å². The molecule has 2 heterocycles. The molecule has 2 fully saturated rings. The number of nitrogens with two attached hydrogens (primary N) is 1. The first kappa shape index (κ1) is 30.8. The molecule has 2 rings (SSSR count). The van der Waals surface area contributed by atoms with Crippen LogP contribution in [0.3, 0.4) is 0 Å². The normalized spacial score (nSPS) is 36.9. The van der Waals surface area contributed by atoms with E-state index in [2.05, 4.69) is 10.6 Å². The number of unbranched alkanes of at least 4 members (excludes halogenated alkanes) is 3. The second-order valence-corrected chi connectivity index (χ2v) is 8.88. The molecule has 14 heteroatoms. The van der Waals surface area contributed by atoms with Crippen LogP contribution < -0.4 is 16.4 Å². The van der Waals surface area contributed by atoms with Gasteiger partial charge in [0.2, 0.25) is 5.91 Å². The van der Waals surface area contributed by atoms with Crippen molar-refractivity contribution >= 4 is 11.8 Å². The number of carbonyl (C=O) groups excluding carboxylic acids is 2. The second kappa shape index (κ2) is 15.1. The Morgan fingerprint density at radius 1 is 0.917 bits per heavy atom. The molecule has 0 aromatic heterocycles. The third-order valence-electron chi connectivity index (χ3n) is 6.25. The van der Waals surface area contributed by atoms with Gasteiger partial charge in [-0.3, -0.25) is 9.59 Å². The van der Waals surface area contributed by atoms with Gasteiger partial charge in [-0.05, 0) is 19.4 Å². The molecular weight excluding hydrogens is 482 g/mol. The largest absolute Gasteiger partial charge is 0.394 e. The van der Waals surface area contributed by atoms with Crippen molar-refractivity contribution in [3.63, 3.8) is 0 Å². The summed E-state index contributed by atoms with van der Waals surface area (Å²) in [6.07, 6.45) is -8.99. The number of hydrogen-bond donors (Lipinski definition) is 7. The minimum absolute atomic E-state index is 0.362. The second-order valence-electron chi connectivity index (χ2n) is 8.88. The van der Waals surface area contributed by atoms with Gasteiger partial charge < -0.3 is 60.5 Å². The highest BCUT2D eigenvalue weighted by Gasteiger charge is 2.53. The summed E-state index contributed by atoms with van der Waals surface area (Å²) in [5, 5.41) is 47.0. The van der Waals surface area contributed by atoms with Crippen molar-refractivity contribution in [3.05, 3.63) is 0 Å². The molecule has 0 bridgehead atoms. The number of rotatable bonds is 13. The minimum atomic E-state index is -1.67. The quantitative estimate of drug-likeness (QED) is 0.118. The predicted octanol–water partition coefficient (Wildman–Crippen LogP) is -3.30. The number of aliphatic hydroxyl groups is 4. The highest BCUT2D eigenvalue weighted by atomic mass is 16.7. The van der Waals surface area contributed by atoms with Crippen LogP contribution in [0.5, 0.6) is 0 Å². The van der Waals surface area contributed by atoms with E-state index in [-0.39, 0.29) is 0 Å². The summed E-state index contributed by atoms with van der Waals surface area (Å²) in [4.78, 5) is 24.6. The zero-order valence-electron chi connectivity index (χ0n) is 20.9. The molecule has 36 heavy (non-hydrogen) atoms. The van der Waals surface area contributed by atoms with E-state index in [1.165, 1.54) is 21.1 Å². The number of nitrogens with one attached hydrogen (secondary N) is 2. The zero-order chi connectivity index (χ0) is 26.8. The fraction of sp³-hybridized carbons (Fsp3) is 0.909. The summed E-state index contributed by atoms with van der Waals surface area (Å²) in [5.41, 5.74) is 5.48. The van der Waals surface area contributed by atoms with Crippen molar-refractivity contribution in [1.82, 2.24) is 10.6 Å². The summed E-state index contributed by atoms with van der Waals surface area (Å²) < 4.78 is 27.5. The number of carbonyl (C=O) groups is 2. The lowest BCUT2D eigenvalue weighted by Gasteiger charge is -2.47. The van der Waals surface area contributed by atoms with E-state index in [4.69, 9.17) is 29.4 Å². The predicted molar refractivity (Wildman–Crippen MR) is 123 cm³/mol. The summed E-state index contributed by atoms with van der Waals surface area (Å²) >= 11 is 0. The summed E-state index contributed by atoms with van der Waals surface area (Å²) in [5.74, 6) is -1.06. The Morgan fingerprint density at radius 3 is 2.19 bits per heavy atom. The van der Waals surface area contributed by atoms with Gasteiger partial charge in [0.15, 0.2) is 18.7 Å². The van der Waals surface area contributed by atoms with Gasteiger partial charge >= 0.3 is 0 Å². The van der Waals surface area contributed by atoms with Crippen molar-refractivity contribution < 1.29 is 53.7 Å². The summed E-state index contributed by atoms with van der Waals surface area (Å²) in [7, 11) is 2.57. The SMILES string of the molecule is CO[C@@H]1O[C@H](CO)[C@@H](O)[C@H](O[C@@H]2O[C@H](C(=O)NCCCCCCN)[C@@H](OC)[C@H](O)[C@H]2O)[C@H]1NC(C)=O.